The second-order valence-corrected chi connectivity index (χ2v) is 5.54. The van der Waals surface area contributed by atoms with Crippen molar-refractivity contribution in [3.8, 4) is 5.75 Å². The van der Waals surface area contributed by atoms with E-state index in [1.165, 1.54) is 16.9 Å². The normalized spacial score (nSPS) is 12.3. The molecule has 0 amide bonds. The molecule has 20 heavy (non-hydrogen) atoms. The van der Waals surface area contributed by atoms with Crippen molar-refractivity contribution in [3.63, 3.8) is 0 Å². The molecular weight excluding hydrogens is 272 g/mol. The molecule has 0 aliphatic heterocycles. The van der Waals surface area contributed by atoms with Crippen LogP contribution in [0.1, 0.15) is 37.6 Å². The molecule has 0 spiro atoms. The number of hydrogen-bond acceptors (Lipinski definition) is 4. The average Bonchev–Trinajstić information content (AvgIpc) is 2.89. The SMILES string of the molecule is CCCOc1ccc(C(C)NCc2csc(=O)[nH]2)cc1. The number of rotatable bonds is 7. The highest BCUT2D eigenvalue weighted by molar-refractivity contribution is 7.07. The fourth-order valence-corrected chi connectivity index (χ4v) is 2.44. The molecule has 108 valence electrons. The van der Waals surface area contributed by atoms with E-state index < -0.39 is 0 Å². The van der Waals surface area contributed by atoms with E-state index in [0.29, 0.717) is 6.54 Å². The maximum Gasteiger partial charge on any atom is 0.304 e. The molecule has 1 heterocycles. The van der Waals surface area contributed by atoms with Crippen molar-refractivity contribution < 1.29 is 4.74 Å². The Balaban J connectivity index is 1.88. The first kappa shape index (κ1) is 14.8. The zero-order valence-corrected chi connectivity index (χ0v) is 12.6. The molecule has 0 saturated carbocycles. The van der Waals surface area contributed by atoms with E-state index in [1.54, 1.807) is 0 Å². The van der Waals surface area contributed by atoms with E-state index >= 15 is 0 Å². The predicted molar refractivity (Wildman–Crippen MR) is 82.4 cm³/mol. The second kappa shape index (κ2) is 7.26. The number of aromatic nitrogens is 1. The molecule has 1 atom stereocenters. The molecule has 4 nitrogen and oxygen atoms in total. The Morgan fingerprint density at radius 1 is 1.35 bits per heavy atom. The summed E-state index contributed by atoms with van der Waals surface area (Å²) >= 11 is 1.19. The summed E-state index contributed by atoms with van der Waals surface area (Å²) in [5.41, 5.74) is 2.13. The van der Waals surface area contributed by atoms with Gasteiger partial charge in [-0.15, -0.1) is 0 Å². The summed E-state index contributed by atoms with van der Waals surface area (Å²) in [4.78, 5) is 13.8. The Morgan fingerprint density at radius 2 is 2.10 bits per heavy atom. The summed E-state index contributed by atoms with van der Waals surface area (Å²) in [5, 5.41) is 5.24. The summed E-state index contributed by atoms with van der Waals surface area (Å²) < 4.78 is 5.56. The van der Waals surface area contributed by atoms with Gasteiger partial charge >= 0.3 is 4.87 Å². The zero-order valence-electron chi connectivity index (χ0n) is 11.8. The van der Waals surface area contributed by atoms with E-state index in [4.69, 9.17) is 4.74 Å². The van der Waals surface area contributed by atoms with Gasteiger partial charge in [0.25, 0.3) is 0 Å². The number of thiazole rings is 1. The Bertz CT molecular complexity index is 574. The molecule has 2 N–H and O–H groups in total. The summed E-state index contributed by atoms with van der Waals surface area (Å²) in [6.07, 6.45) is 1.01. The first-order valence-electron chi connectivity index (χ1n) is 6.82. The molecule has 2 aromatic rings. The van der Waals surface area contributed by atoms with Crippen LogP contribution in [0.4, 0.5) is 0 Å². The van der Waals surface area contributed by atoms with Crippen LogP contribution in [0.25, 0.3) is 0 Å². The number of aromatic amines is 1. The molecule has 2 rings (SSSR count). The summed E-state index contributed by atoms with van der Waals surface area (Å²) in [7, 11) is 0. The molecule has 0 radical (unpaired) electrons. The Morgan fingerprint density at radius 3 is 2.70 bits per heavy atom. The third-order valence-electron chi connectivity index (χ3n) is 3.02. The third kappa shape index (κ3) is 4.21. The van der Waals surface area contributed by atoms with Crippen molar-refractivity contribution >= 4 is 11.3 Å². The number of nitrogens with one attached hydrogen (secondary N) is 2. The van der Waals surface area contributed by atoms with Crippen LogP contribution in [0.2, 0.25) is 0 Å². The van der Waals surface area contributed by atoms with E-state index in [1.807, 2.05) is 17.5 Å². The summed E-state index contributed by atoms with van der Waals surface area (Å²) in [6, 6.07) is 8.35. The molecule has 0 saturated heterocycles. The van der Waals surface area contributed by atoms with Crippen molar-refractivity contribution in [2.45, 2.75) is 32.9 Å². The largest absolute Gasteiger partial charge is 0.494 e. The quantitative estimate of drug-likeness (QED) is 0.824. The van der Waals surface area contributed by atoms with Crippen molar-refractivity contribution in [2.75, 3.05) is 6.61 Å². The van der Waals surface area contributed by atoms with Crippen LogP contribution in [-0.2, 0) is 6.54 Å². The number of benzene rings is 1. The van der Waals surface area contributed by atoms with Crippen LogP contribution < -0.4 is 14.9 Å². The van der Waals surface area contributed by atoms with E-state index in [9.17, 15) is 4.79 Å². The van der Waals surface area contributed by atoms with Gasteiger partial charge in [-0.3, -0.25) is 4.79 Å². The van der Waals surface area contributed by atoms with Crippen molar-refractivity contribution in [3.05, 3.63) is 50.6 Å². The summed E-state index contributed by atoms with van der Waals surface area (Å²) in [5.74, 6) is 0.907. The van der Waals surface area contributed by atoms with Crippen molar-refractivity contribution in [2.24, 2.45) is 0 Å². The highest BCUT2D eigenvalue weighted by atomic mass is 32.1. The standard InChI is InChI=1S/C15H20N2O2S/c1-3-8-19-14-6-4-12(5-7-14)11(2)16-9-13-10-20-15(18)17-13/h4-7,10-11,16H,3,8-9H2,1-2H3,(H,17,18). The first-order chi connectivity index (χ1) is 9.69. The fraction of sp³-hybridized carbons (Fsp3) is 0.400. The minimum absolute atomic E-state index is 0.00752. The highest BCUT2D eigenvalue weighted by Gasteiger charge is 2.06. The second-order valence-electron chi connectivity index (χ2n) is 4.69. The number of hydrogen-bond donors (Lipinski definition) is 2. The van der Waals surface area contributed by atoms with Gasteiger partial charge in [0.1, 0.15) is 5.75 Å². The van der Waals surface area contributed by atoms with Gasteiger partial charge in [0.2, 0.25) is 0 Å². The topological polar surface area (TPSA) is 54.1 Å². The lowest BCUT2D eigenvalue weighted by atomic mass is 10.1. The third-order valence-corrected chi connectivity index (χ3v) is 3.74. The van der Waals surface area contributed by atoms with Gasteiger partial charge in [-0.1, -0.05) is 30.4 Å². The zero-order chi connectivity index (χ0) is 14.4. The Kier molecular flexibility index (Phi) is 5.38. The maximum absolute atomic E-state index is 11.1. The molecular formula is C15H20N2O2S. The van der Waals surface area contributed by atoms with E-state index in [-0.39, 0.29) is 10.9 Å². The van der Waals surface area contributed by atoms with Gasteiger partial charge < -0.3 is 15.0 Å². The van der Waals surface area contributed by atoms with Crippen LogP contribution >= 0.6 is 11.3 Å². The molecule has 0 fully saturated rings. The number of ether oxygens (including phenoxy) is 1. The monoisotopic (exact) mass is 292 g/mol. The average molecular weight is 292 g/mol. The minimum Gasteiger partial charge on any atom is -0.494 e. The molecule has 1 aromatic heterocycles. The fourth-order valence-electron chi connectivity index (χ4n) is 1.85. The van der Waals surface area contributed by atoms with Crippen LogP contribution in [0.5, 0.6) is 5.75 Å². The molecule has 0 aliphatic rings. The van der Waals surface area contributed by atoms with Gasteiger partial charge in [-0.25, -0.2) is 0 Å². The van der Waals surface area contributed by atoms with Crippen molar-refractivity contribution in [1.82, 2.24) is 10.3 Å². The highest BCUT2D eigenvalue weighted by Crippen LogP contribution is 2.18. The van der Waals surface area contributed by atoms with Crippen LogP contribution in [-0.4, -0.2) is 11.6 Å². The Labute approximate surface area is 122 Å². The molecule has 1 unspecified atom stereocenters. The van der Waals surface area contributed by atoms with Gasteiger partial charge in [0, 0.05) is 23.7 Å². The summed E-state index contributed by atoms with van der Waals surface area (Å²) in [6.45, 7) is 5.61. The van der Waals surface area contributed by atoms with Gasteiger partial charge in [0.05, 0.1) is 6.61 Å². The van der Waals surface area contributed by atoms with Crippen LogP contribution in [0, 0.1) is 0 Å². The molecule has 5 heteroatoms. The Hall–Kier alpha value is -1.59. The van der Waals surface area contributed by atoms with E-state index in [0.717, 1.165) is 24.5 Å². The molecule has 0 aliphatic carbocycles. The van der Waals surface area contributed by atoms with E-state index in [2.05, 4.69) is 36.3 Å². The number of H-pyrrole nitrogens is 1. The van der Waals surface area contributed by atoms with Crippen molar-refractivity contribution in [1.29, 1.82) is 0 Å². The maximum atomic E-state index is 11.1. The van der Waals surface area contributed by atoms with Gasteiger partial charge in [-0.05, 0) is 31.0 Å². The lowest BCUT2D eigenvalue weighted by molar-refractivity contribution is 0.317. The van der Waals surface area contributed by atoms with Crippen LogP contribution in [0.15, 0.2) is 34.4 Å². The predicted octanol–water partition coefficient (Wildman–Crippen LogP) is 3.08. The smallest absolute Gasteiger partial charge is 0.304 e. The lowest BCUT2D eigenvalue weighted by Crippen LogP contribution is -2.18. The minimum atomic E-state index is -0.00752. The van der Waals surface area contributed by atoms with Crippen LogP contribution in [0.3, 0.4) is 0 Å². The molecule has 0 bridgehead atoms. The lowest BCUT2D eigenvalue weighted by Gasteiger charge is -2.14. The van der Waals surface area contributed by atoms with Gasteiger partial charge in [0.15, 0.2) is 0 Å². The van der Waals surface area contributed by atoms with Gasteiger partial charge in [-0.2, -0.15) is 0 Å². The molecule has 1 aromatic carbocycles. The first-order valence-corrected chi connectivity index (χ1v) is 7.70.